The molecule has 27 heavy (non-hydrogen) atoms. The van der Waals surface area contributed by atoms with E-state index in [0.717, 1.165) is 24.8 Å². The van der Waals surface area contributed by atoms with Crippen LogP contribution in [0.3, 0.4) is 0 Å². The van der Waals surface area contributed by atoms with Gasteiger partial charge >= 0.3 is 0 Å². The first kappa shape index (κ1) is 21.4. The minimum absolute atomic E-state index is 0.0785. The Morgan fingerprint density at radius 2 is 2.04 bits per heavy atom. The Morgan fingerprint density at radius 3 is 2.67 bits per heavy atom. The Balaban J connectivity index is 1.89. The topological polar surface area (TPSA) is 76.4 Å². The smallest absolute Gasteiger partial charge is 0.236 e. The molecule has 0 bridgehead atoms. The number of likely N-dealkylation sites (N-methyl/N-ethyl adjacent to an activating group) is 2. The van der Waals surface area contributed by atoms with Crippen LogP contribution in [0.15, 0.2) is 0 Å². The zero-order chi connectivity index (χ0) is 20.0. The van der Waals surface area contributed by atoms with Gasteiger partial charge in [-0.05, 0) is 51.6 Å². The zero-order valence-electron chi connectivity index (χ0n) is 16.8. The number of anilines is 1. The first-order valence-electron chi connectivity index (χ1n) is 9.70. The summed E-state index contributed by atoms with van der Waals surface area (Å²) in [5.74, 6) is 0.596. The Bertz CT molecular complexity index is 718. The van der Waals surface area contributed by atoms with E-state index in [1.807, 2.05) is 25.8 Å². The molecule has 1 aliphatic rings. The summed E-state index contributed by atoms with van der Waals surface area (Å²) in [4.78, 5) is 29.4. The third kappa shape index (κ3) is 5.53. The largest absolute Gasteiger partial charge is 0.342 e. The predicted molar refractivity (Wildman–Crippen MR) is 109 cm³/mol. The Hall–Kier alpha value is -1.91. The maximum Gasteiger partial charge on any atom is 0.236 e. The van der Waals surface area contributed by atoms with Gasteiger partial charge in [0.05, 0.1) is 12.1 Å². The summed E-state index contributed by atoms with van der Waals surface area (Å²) in [7, 11) is 1.85. The van der Waals surface area contributed by atoms with Gasteiger partial charge in [-0.3, -0.25) is 14.5 Å². The minimum Gasteiger partial charge on any atom is -0.342 e. The second-order valence-electron chi connectivity index (χ2n) is 7.27. The number of hydrogen-bond donors (Lipinski definition) is 1. The summed E-state index contributed by atoms with van der Waals surface area (Å²) in [6.45, 7) is 8.35. The molecular formula is C20H30N4O2S. The van der Waals surface area contributed by atoms with Crippen molar-refractivity contribution in [2.75, 3.05) is 38.5 Å². The summed E-state index contributed by atoms with van der Waals surface area (Å²) in [5.41, 5.74) is 1.76. The van der Waals surface area contributed by atoms with Gasteiger partial charge in [-0.25, -0.2) is 0 Å². The van der Waals surface area contributed by atoms with Gasteiger partial charge < -0.3 is 10.2 Å². The fraction of sp³-hybridized carbons (Fsp3) is 0.650. The minimum atomic E-state index is -0.111. The fourth-order valence-corrected chi connectivity index (χ4v) is 4.80. The predicted octanol–water partition coefficient (Wildman–Crippen LogP) is 2.87. The summed E-state index contributed by atoms with van der Waals surface area (Å²) in [6.07, 6.45) is 3.30. The molecule has 0 fully saturated rings. The molecule has 0 radical (unpaired) electrons. The second kappa shape index (κ2) is 9.86. The molecule has 1 aliphatic carbocycles. The van der Waals surface area contributed by atoms with Crippen molar-refractivity contribution in [2.24, 2.45) is 5.92 Å². The molecule has 0 saturated heterocycles. The van der Waals surface area contributed by atoms with Gasteiger partial charge in [0.15, 0.2) is 0 Å². The van der Waals surface area contributed by atoms with Crippen molar-refractivity contribution in [1.29, 1.82) is 5.26 Å². The highest BCUT2D eigenvalue weighted by atomic mass is 32.1. The van der Waals surface area contributed by atoms with Crippen LogP contribution in [-0.2, 0) is 22.4 Å². The van der Waals surface area contributed by atoms with Crippen LogP contribution in [0.4, 0.5) is 5.00 Å². The lowest BCUT2D eigenvalue weighted by atomic mass is 9.89. The number of thiophene rings is 1. The van der Waals surface area contributed by atoms with E-state index in [9.17, 15) is 14.9 Å². The van der Waals surface area contributed by atoms with Gasteiger partial charge in [0.1, 0.15) is 11.1 Å². The van der Waals surface area contributed by atoms with Gasteiger partial charge in [-0.2, -0.15) is 5.26 Å². The summed E-state index contributed by atoms with van der Waals surface area (Å²) >= 11 is 1.54. The van der Waals surface area contributed by atoms with E-state index in [1.165, 1.54) is 4.88 Å². The third-order valence-electron chi connectivity index (χ3n) is 5.12. The van der Waals surface area contributed by atoms with Crippen molar-refractivity contribution in [3.8, 4) is 6.07 Å². The van der Waals surface area contributed by atoms with Gasteiger partial charge in [0.25, 0.3) is 0 Å². The second-order valence-corrected chi connectivity index (χ2v) is 8.37. The van der Waals surface area contributed by atoms with Crippen molar-refractivity contribution in [3.05, 3.63) is 16.0 Å². The molecule has 2 rings (SSSR count). The lowest BCUT2D eigenvalue weighted by Gasteiger charge is -2.22. The molecule has 148 valence electrons. The lowest BCUT2D eigenvalue weighted by Crippen LogP contribution is -2.39. The van der Waals surface area contributed by atoms with Gasteiger partial charge in [0.2, 0.25) is 11.8 Å². The van der Waals surface area contributed by atoms with E-state index >= 15 is 0 Å². The van der Waals surface area contributed by atoms with Crippen molar-refractivity contribution in [2.45, 2.75) is 46.5 Å². The number of rotatable bonds is 8. The SMILES string of the molecule is CCN(CC)C(=O)CN(C)CCC(=O)Nc1sc2c(c1C#N)CCC(C)C2. The van der Waals surface area contributed by atoms with E-state index in [1.54, 1.807) is 16.2 Å². The highest BCUT2D eigenvalue weighted by Crippen LogP contribution is 2.39. The number of amides is 2. The molecule has 0 aliphatic heterocycles. The van der Waals surface area contributed by atoms with Gasteiger partial charge in [-0.1, -0.05) is 6.92 Å². The molecule has 1 aromatic heterocycles. The van der Waals surface area contributed by atoms with Gasteiger partial charge in [0, 0.05) is 30.9 Å². The van der Waals surface area contributed by atoms with Crippen LogP contribution in [0.1, 0.15) is 49.6 Å². The van der Waals surface area contributed by atoms with Crippen LogP contribution in [0.2, 0.25) is 0 Å². The van der Waals surface area contributed by atoms with Crippen LogP contribution in [-0.4, -0.2) is 54.8 Å². The number of hydrogen-bond acceptors (Lipinski definition) is 5. The maximum atomic E-state index is 12.4. The van der Waals surface area contributed by atoms with Crippen LogP contribution < -0.4 is 5.32 Å². The Morgan fingerprint density at radius 1 is 1.33 bits per heavy atom. The van der Waals surface area contributed by atoms with E-state index in [-0.39, 0.29) is 11.8 Å². The summed E-state index contributed by atoms with van der Waals surface area (Å²) in [6, 6.07) is 2.28. The molecule has 1 N–H and O–H groups in total. The zero-order valence-corrected chi connectivity index (χ0v) is 17.6. The highest BCUT2D eigenvalue weighted by molar-refractivity contribution is 7.16. The molecule has 2 amide bonds. The quantitative estimate of drug-likeness (QED) is 0.740. The summed E-state index contributed by atoms with van der Waals surface area (Å²) < 4.78 is 0. The van der Waals surface area contributed by atoms with Crippen molar-refractivity contribution < 1.29 is 9.59 Å². The number of carbonyl (C=O) groups is 2. The van der Waals surface area contributed by atoms with E-state index in [2.05, 4.69) is 18.3 Å². The molecule has 7 heteroatoms. The lowest BCUT2D eigenvalue weighted by molar-refractivity contribution is -0.132. The van der Waals surface area contributed by atoms with Crippen LogP contribution in [0, 0.1) is 17.2 Å². The summed E-state index contributed by atoms with van der Waals surface area (Å²) in [5, 5.41) is 13.1. The van der Waals surface area contributed by atoms with Crippen LogP contribution in [0.25, 0.3) is 0 Å². The average Bonchev–Trinajstić information content (AvgIpc) is 2.96. The number of nitrogens with one attached hydrogen (secondary N) is 1. The maximum absolute atomic E-state index is 12.4. The van der Waals surface area contributed by atoms with Crippen molar-refractivity contribution in [3.63, 3.8) is 0 Å². The monoisotopic (exact) mass is 390 g/mol. The first-order valence-corrected chi connectivity index (χ1v) is 10.5. The standard InChI is InChI=1S/C20H30N4O2S/c1-5-24(6-2)19(26)13-23(4)10-9-18(25)22-20-16(12-21)15-8-7-14(3)11-17(15)27-20/h14H,5-11,13H2,1-4H3,(H,22,25). The van der Waals surface area contributed by atoms with E-state index in [0.29, 0.717) is 49.1 Å². The van der Waals surface area contributed by atoms with Crippen LogP contribution >= 0.6 is 11.3 Å². The molecule has 1 atom stereocenters. The molecule has 6 nitrogen and oxygen atoms in total. The molecule has 0 aromatic carbocycles. The Labute approximate surface area is 166 Å². The first-order chi connectivity index (χ1) is 12.9. The number of carbonyl (C=O) groups excluding carboxylic acids is 2. The van der Waals surface area contributed by atoms with Gasteiger partial charge in [-0.15, -0.1) is 11.3 Å². The molecule has 0 saturated carbocycles. The fourth-order valence-electron chi connectivity index (χ4n) is 3.42. The molecule has 1 aromatic rings. The Kier molecular flexibility index (Phi) is 7.81. The molecule has 1 unspecified atom stereocenters. The van der Waals surface area contributed by atoms with Crippen LogP contribution in [0.5, 0.6) is 0 Å². The molecule has 0 spiro atoms. The number of nitrogens with zero attached hydrogens (tertiary/aromatic N) is 3. The van der Waals surface area contributed by atoms with E-state index in [4.69, 9.17) is 0 Å². The molecular weight excluding hydrogens is 360 g/mol. The van der Waals surface area contributed by atoms with Crippen molar-refractivity contribution in [1.82, 2.24) is 9.80 Å². The van der Waals surface area contributed by atoms with Crippen molar-refractivity contribution >= 4 is 28.2 Å². The average molecular weight is 391 g/mol. The van der Waals surface area contributed by atoms with E-state index < -0.39 is 0 Å². The number of nitriles is 1. The number of fused-ring (bicyclic) bond motifs is 1. The normalized spacial score (nSPS) is 15.9. The molecule has 1 heterocycles. The third-order valence-corrected chi connectivity index (χ3v) is 6.29. The highest BCUT2D eigenvalue weighted by Gasteiger charge is 2.24.